The minimum atomic E-state index is -4.99. The van der Waals surface area contributed by atoms with Crippen molar-refractivity contribution in [3.63, 3.8) is 0 Å². The van der Waals surface area contributed by atoms with Crippen molar-refractivity contribution in [3.05, 3.63) is 78.4 Å². The number of nitrogens with two attached hydrogens (primary N) is 1. The van der Waals surface area contributed by atoms with Gasteiger partial charge in [-0.05, 0) is 59.1 Å². The molecule has 14 nitrogen and oxygen atoms in total. The highest BCUT2D eigenvalue weighted by Gasteiger charge is 2.28. The van der Waals surface area contributed by atoms with Crippen LogP contribution in [0.25, 0.3) is 10.8 Å². The van der Waals surface area contributed by atoms with Gasteiger partial charge < -0.3 is 10.8 Å². The molecule has 0 aliphatic carbocycles. The molecule has 0 fully saturated rings. The molecule has 3 aromatic rings. The van der Waals surface area contributed by atoms with Crippen LogP contribution in [-0.2, 0) is 24.4 Å². The van der Waals surface area contributed by atoms with Crippen LogP contribution in [-0.4, -0.2) is 33.6 Å². The third-order valence-corrected chi connectivity index (χ3v) is 7.22. The Bertz CT molecular complexity index is 1800. The summed E-state index contributed by atoms with van der Waals surface area (Å²) in [5.74, 6) is -0.814. The Balaban J connectivity index is 2.41. The minimum absolute atomic E-state index is 0.105. The zero-order valence-corrected chi connectivity index (χ0v) is 21.7. The summed E-state index contributed by atoms with van der Waals surface area (Å²) in [6, 6.07) is 7.15. The van der Waals surface area contributed by atoms with Crippen LogP contribution in [0.1, 0.15) is 0 Å². The molecule has 3 rings (SSSR count). The first kappa shape index (κ1) is 28.9. The highest BCUT2D eigenvalue weighted by molar-refractivity contribution is 7.87. The number of rotatable bonds is 10. The second-order valence-corrected chi connectivity index (χ2v) is 10.5. The fraction of sp³-hybridized carbons (Fsp3) is 0.0435. The van der Waals surface area contributed by atoms with Crippen LogP contribution in [0.3, 0.4) is 0 Å². The van der Waals surface area contributed by atoms with Gasteiger partial charge in [0.15, 0.2) is 5.75 Å². The molecule has 0 amide bonds. The van der Waals surface area contributed by atoms with Crippen LogP contribution in [0.15, 0.2) is 109 Å². The molecule has 16 heteroatoms. The van der Waals surface area contributed by atoms with Crippen LogP contribution < -0.4 is 5.73 Å². The van der Waals surface area contributed by atoms with E-state index in [1.807, 2.05) is 0 Å². The maximum absolute atomic E-state index is 12.7. The molecule has 0 heterocycles. The molecule has 0 radical (unpaired) electrons. The molecule has 0 bridgehead atoms. The van der Waals surface area contributed by atoms with E-state index in [0.29, 0.717) is 0 Å². The highest BCUT2D eigenvalue weighted by Crippen LogP contribution is 2.48. The number of hydrogen-bond acceptors (Lipinski definition) is 13. The van der Waals surface area contributed by atoms with Gasteiger partial charge >= 0.3 is 0 Å². The van der Waals surface area contributed by atoms with Gasteiger partial charge in [-0.25, -0.2) is 0 Å². The Hall–Kier alpha value is -4.64. The van der Waals surface area contributed by atoms with E-state index < -0.39 is 52.8 Å². The maximum atomic E-state index is 12.7. The van der Waals surface area contributed by atoms with Crippen molar-refractivity contribution in [2.45, 2.75) is 9.79 Å². The molecule has 202 valence electrons. The third kappa shape index (κ3) is 6.10. The van der Waals surface area contributed by atoms with Crippen LogP contribution in [0.4, 0.5) is 28.4 Å². The number of fused-ring (bicyclic) bond motifs is 1. The topological polar surface area (TPSA) is 223 Å². The van der Waals surface area contributed by atoms with E-state index in [-0.39, 0.29) is 27.8 Å². The number of allylic oxidation sites excluding steroid dienone is 3. The smallest absolute Gasteiger partial charge is 0.299 e. The molecular formula is C23H20N6O8S2. The summed E-state index contributed by atoms with van der Waals surface area (Å²) in [4.78, 5) is 9.09. The van der Waals surface area contributed by atoms with Crippen LogP contribution in [0, 0.1) is 4.91 Å². The van der Waals surface area contributed by atoms with Crippen LogP contribution >= 0.6 is 0 Å². The van der Waals surface area contributed by atoms with Crippen molar-refractivity contribution in [2.24, 2.45) is 25.6 Å². The Morgan fingerprint density at radius 3 is 2.13 bits per heavy atom. The Morgan fingerprint density at radius 1 is 0.974 bits per heavy atom. The molecule has 0 unspecified atom stereocenters. The first-order valence-electron chi connectivity index (χ1n) is 10.5. The van der Waals surface area contributed by atoms with Crippen molar-refractivity contribution in [1.29, 1.82) is 0 Å². The maximum Gasteiger partial charge on any atom is 0.299 e. The van der Waals surface area contributed by atoms with Gasteiger partial charge in [0.2, 0.25) is 0 Å². The summed E-state index contributed by atoms with van der Waals surface area (Å²) >= 11 is 0. The van der Waals surface area contributed by atoms with E-state index in [2.05, 4.69) is 43.0 Å². The van der Waals surface area contributed by atoms with Gasteiger partial charge in [0.05, 0.1) is 29.6 Å². The standard InChI is InChI=1S/C23H20N6O8S2/c1-4-6-14(5-2)25-28-22-18(39(35,36)37-3)12-13-11-17(38(32,33)34)21(20(24)19(13)23(22)30)27-26-15-7-9-16(29-31)10-8-15/h4-12,30H,1-2,24H2,3H3,(H,32,33,34)/b14-6+,27-26?,28-25?. The lowest BCUT2D eigenvalue weighted by Gasteiger charge is -2.14. The lowest BCUT2D eigenvalue weighted by atomic mass is 10.1. The number of anilines is 1. The summed E-state index contributed by atoms with van der Waals surface area (Å²) in [5, 5.41) is 28.7. The summed E-state index contributed by atoms with van der Waals surface area (Å²) in [6.45, 7) is 7.06. The number of phenols is 1. The average molecular weight is 573 g/mol. The number of aromatic hydroxyl groups is 1. The molecule has 0 spiro atoms. The zero-order valence-electron chi connectivity index (χ0n) is 20.1. The monoisotopic (exact) mass is 572 g/mol. The zero-order chi connectivity index (χ0) is 29.0. The van der Waals surface area contributed by atoms with E-state index in [1.165, 1.54) is 42.5 Å². The molecule has 3 aromatic carbocycles. The number of nitrogens with zero attached hydrogens (tertiary/aromatic N) is 5. The highest BCUT2D eigenvalue weighted by atomic mass is 32.2. The van der Waals surface area contributed by atoms with E-state index in [4.69, 9.17) is 5.73 Å². The van der Waals surface area contributed by atoms with Gasteiger partial charge in [0.1, 0.15) is 26.9 Å². The molecule has 4 N–H and O–H groups in total. The van der Waals surface area contributed by atoms with Crippen LogP contribution in [0.2, 0.25) is 0 Å². The van der Waals surface area contributed by atoms with E-state index >= 15 is 0 Å². The summed E-state index contributed by atoms with van der Waals surface area (Å²) < 4.78 is 64.1. The molecule has 0 aliphatic heterocycles. The SMILES string of the molecule is C=C/C=C(\C=C)N=Nc1c(S(=O)(=O)OC)cc2cc(S(=O)(=O)O)c(N=Nc3ccc(N=O)cc3)c(N)c2c1O. The average Bonchev–Trinajstić information content (AvgIpc) is 2.90. The first-order chi connectivity index (χ1) is 18.4. The molecule has 0 atom stereocenters. The van der Waals surface area contributed by atoms with Crippen LogP contribution in [0.5, 0.6) is 5.75 Å². The van der Waals surface area contributed by atoms with Gasteiger partial charge in [-0.15, -0.1) is 15.1 Å². The normalized spacial score (nSPS) is 12.8. The van der Waals surface area contributed by atoms with Crippen molar-refractivity contribution in [2.75, 3.05) is 12.8 Å². The number of phenolic OH excluding ortho intramolecular Hbond substituents is 1. The number of nitrogen functional groups attached to an aromatic ring is 1. The fourth-order valence-corrected chi connectivity index (χ4v) is 4.74. The van der Waals surface area contributed by atoms with Gasteiger partial charge in [0.25, 0.3) is 20.2 Å². The van der Waals surface area contributed by atoms with Gasteiger partial charge in [-0.1, -0.05) is 19.2 Å². The van der Waals surface area contributed by atoms with E-state index in [1.54, 1.807) is 0 Å². The Labute approximate surface area is 222 Å². The molecular weight excluding hydrogens is 552 g/mol. The second kappa shape index (κ2) is 11.4. The summed E-state index contributed by atoms with van der Waals surface area (Å²) in [7, 11) is -8.67. The lowest BCUT2D eigenvalue weighted by Crippen LogP contribution is -2.05. The Kier molecular flexibility index (Phi) is 8.45. The Morgan fingerprint density at radius 2 is 1.59 bits per heavy atom. The molecule has 0 saturated carbocycles. The predicted octanol–water partition coefficient (Wildman–Crippen LogP) is 5.86. The minimum Gasteiger partial charge on any atom is -0.505 e. The van der Waals surface area contributed by atoms with Crippen molar-refractivity contribution in [1.82, 2.24) is 0 Å². The van der Waals surface area contributed by atoms with Gasteiger partial charge in [-0.2, -0.15) is 27.1 Å². The first-order valence-corrected chi connectivity index (χ1v) is 13.3. The molecule has 0 aromatic heterocycles. The summed E-state index contributed by atoms with van der Waals surface area (Å²) in [5.41, 5.74) is 4.95. The van der Waals surface area contributed by atoms with E-state index in [9.17, 15) is 31.4 Å². The second-order valence-electron chi connectivity index (χ2n) is 7.44. The molecule has 39 heavy (non-hydrogen) atoms. The predicted molar refractivity (Wildman–Crippen MR) is 143 cm³/mol. The van der Waals surface area contributed by atoms with Crippen molar-refractivity contribution in [3.8, 4) is 5.75 Å². The van der Waals surface area contributed by atoms with Gasteiger partial charge in [-0.3, -0.25) is 8.74 Å². The van der Waals surface area contributed by atoms with Gasteiger partial charge in [0, 0.05) is 0 Å². The number of nitroso groups, excluding NO2 is 1. The largest absolute Gasteiger partial charge is 0.505 e. The van der Waals surface area contributed by atoms with E-state index in [0.717, 1.165) is 19.2 Å². The van der Waals surface area contributed by atoms with Crippen molar-refractivity contribution < 1.29 is 30.7 Å². The quantitative estimate of drug-likeness (QED) is 0.0659. The summed E-state index contributed by atoms with van der Waals surface area (Å²) in [6.07, 6.45) is 4.07. The fourth-order valence-electron chi connectivity index (χ4n) is 3.25. The lowest BCUT2D eigenvalue weighted by molar-refractivity contribution is 0.397. The number of benzene rings is 3. The number of azo groups is 2. The van der Waals surface area contributed by atoms with Crippen molar-refractivity contribution >= 4 is 59.4 Å². The molecule has 0 saturated heterocycles. The molecule has 0 aliphatic rings. The number of hydrogen-bond donors (Lipinski definition) is 3. The third-order valence-electron chi connectivity index (χ3n) is 5.06.